The average Bonchev–Trinajstić information content (AvgIpc) is 3.16. The van der Waals surface area contributed by atoms with E-state index in [-0.39, 0.29) is 17.7 Å². The topological polar surface area (TPSA) is 96.5 Å². The highest BCUT2D eigenvalue weighted by Gasteiger charge is 2.30. The van der Waals surface area contributed by atoms with Crippen molar-refractivity contribution < 1.29 is 19.1 Å². The molecule has 0 bridgehead atoms. The summed E-state index contributed by atoms with van der Waals surface area (Å²) < 4.78 is 10.3. The molecule has 1 saturated heterocycles. The Morgan fingerprint density at radius 1 is 1.36 bits per heavy atom. The molecule has 28 heavy (non-hydrogen) atoms. The van der Waals surface area contributed by atoms with Gasteiger partial charge in [-0.05, 0) is 30.2 Å². The van der Waals surface area contributed by atoms with E-state index in [0.29, 0.717) is 39.1 Å². The van der Waals surface area contributed by atoms with Crippen molar-refractivity contribution in [1.29, 1.82) is 0 Å². The molecule has 1 aromatic heterocycles. The van der Waals surface area contributed by atoms with Gasteiger partial charge in [-0.15, -0.1) is 0 Å². The molecule has 2 N–H and O–H groups in total. The summed E-state index contributed by atoms with van der Waals surface area (Å²) in [5.41, 5.74) is 2.59. The van der Waals surface area contributed by atoms with Crippen LogP contribution in [0.2, 0.25) is 0 Å². The first-order chi connectivity index (χ1) is 13.6. The molecule has 2 aromatic rings. The Morgan fingerprint density at radius 3 is 3.00 bits per heavy atom. The van der Waals surface area contributed by atoms with E-state index in [9.17, 15) is 9.59 Å². The Balaban J connectivity index is 1.55. The third kappa shape index (κ3) is 5.10. The zero-order chi connectivity index (χ0) is 19.9. The molecular formula is C20H26N4O4. The fraction of sp³-hybridized carbons (Fsp3) is 0.450. The lowest BCUT2D eigenvalue weighted by atomic mass is 9.96. The summed E-state index contributed by atoms with van der Waals surface area (Å²) in [6.07, 6.45) is 0.946. The van der Waals surface area contributed by atoms with Crippen molar-refractivity contribution in [2.45, 2.75) is 32.5 Å². The van der Waals surface area contributed by atoms with E-state index in [2.05, 4.69) is 15.5 Å². The first-order valence-electron chi connectivity index (χ1n) is 9.29. The Hall–Kier alpha value is -2.87. The maximum Gasteiger partial charge on any atom is 0.225 e. The molecule has 1 aliphatic rings. The van der Waals surface area contributed by atoms with E-state index in [4.69, 9.17) is 9.47 Å². The number of carbonyl (C=O) groups is 2. The summed E-state index contributed by atoms with van der Waals surface area (Å²) in [5.74, 6) is 0.559. The second-order valence-corrected chi connectivity index (χ2v) is 6.90. The summed E-state index contributed by atoms with van der Waals surface area (Å²) in [4.78, 5) is 26.6. The van der Waals surface area contributed by atoms with Crippen molar-refractivity contribution >= 4 is 11.8 Å². The van der Waals surface area contributed by atoms with Crippen LogP contribution >= 0.6 is 0 Å². The molecule has 0 unspecified atom stereocenters. The van der Waals surface area contributed by atoms with Crippen molar-refractivity contribution in [3.63, 3.8) is 0 Å². The van der Waals surface area contributed by atoms with Gasteiger partial charge >= 0.3 is 0 Å². The van der Waals surface area contributed by atoms with Crippen LogP contribution in [-0.2, 0) is 34.0 Å². The SMILES string of the molecule is COCc1cc(CNC(=O)[C@@H]2CCC(=O)N(Cc3cccc(OC)c3)C2)[nH]n1. The summed E-state index contributed by atoms with van der Waals surface area (Å²) >= 11 is 0. The van der Waals surface area contributed by atoms with Crippen molar-refractivity contribution in [3.05, 3.63) is 47.3 Å². The van der Waals surface area contributed by atoms with Gasteiger partial charge in [-0.25, -0.2) is 0 Å². The smallest absolute Gasteiger partial charge is 0.225 e. The molecule has 0 aliphatic carbocycles. The number of amides is 2. The number of hydrogen-bond acceptors (Lipinski definition) is 5. The first-order valence-corrected chi connectivity index (χ1v) is 9.29. The van der Waals surface area contributed by atoms with Gasteiger partial charge in [-0.3, -0.25) is 14.7 Å². The maximum atomic E-state index is 12.6. The summed E-state index contributed by atoms with van der Waals surface area (Å²) in [6.45, 7) is 1.69. The Kier molecular flexibility index (Phi) is 6.65. The van der Waals surface area contributed by atoms with E-state index in [1.165, 1.54) is 0 Å². The number of likely N-dealkylation sites (tertiary alicyclic amines) is 1. The van der Waals surface area contributed by atoms with Crippen LogP contribution in [0.5, 0.6) is 5.75 Å². The van der Waals surface area contributed by atoms with E-state index in [1.54, 1.807) is 19.1 Å². The monoisotopic (exact) mass is 386 g/mol. The minimum absolute atomic E-state index is 0.0500. The van der Waals surface area contributed by atoms with Crippen LogP contribution < -0.4 is 10.1 Å². The van der Waals surface area contributed by atoms with E-state index in [0.717, 1.165) is 22.7 Å². The Bertz CT molecular complexity index is 820. The quantitative estimate of drug-likeness (QED) is 0.719. The maximum absolute atomic E-state index is 12.6. The van der Waals surface area contributed by atoms with Crippen molar-refractivity contribution in [3.8, 4) is 5.75 Å². The van der Waals surface area contributed by atoms with Crippen LogP contribution in [0.4, 0.5) is 0 Å². The van der Waals surface area contributed by atoms with Gasteiger partial charge in [0.15, 0.2) is 0 Å². The molecule has 0 spiro atoms. The Morgan fingerprint density at radius 2 is 2.21 bits per heavy atom. The number of benzene rings is 1. The zero-order valence-corrected chi connectivity index (χ0v) is 16.2. The first kappa shape index (κ1) is 19.9. The number of aromatic nitrogens is 2. The number of hydrogen-bond donors (Lipinski definition) is 2. The van der Waals surface area contributed by atoms with Crippen molar-refractivity contribution in [1.82, 2.24) is 20.4 Å². The fourth-order valence-corrected chi connectivity index (χ4v) is 3.32. The van der Waals surface area contributed by atoms with Crippen LogP contribution in [-0.4, -0.2) is 47.7 Å². The number of rotatable bonds is 8. The summed E-state index contributed by atoms with van der Waals surface area (Å²) in [5, 5.41) is 9.93. The molecule has 150 valence electrons. The van der Waals surface area contributed by atoms with E-state index in [1.807, 2.05) is 30.3 Å². The van der Waals surface area contributed by atoms with Gasteiger partial charge in [0.05, 0.1) is 37.6 Å². The number of ether oxygens (including phenoxy) is 2. The van der Waals surface area contributed by atoms with Gasteiger partial charge in [-0.1, -0.05) is 12.1 Å². The van der Waals surface area contributed by atoms with E-state index >= 15 is 0 Å². The third-order valence-electron chi connectivity index (χ3n) is 4.81. The molecule has 8 nitrogen and oxygen atoms in total. The van der Waals surface area contributed by atoms with Gasteiger partial charge in [0.2, 0.25) is 11.8 Å². The summed E-state index contributed by atoms with van der Waals surface area (Å²) in [7, 11) is 3.22. The minimum atomic E-state index is -0.218. The third-order valence-corrected chi connectivity index (χ3v) is 4.81. The van der Waals surface area contributed by atoms with E-state index < -0.39 is 0 Å². The predicted octanol–water partition coefficient (Wildman–Crippen LogP) is 1.62. The molecule has 0 radical (unpaired) electrons. The number of piperidine rings is 1. The number of H-pyrrole nitrogens is 1. The summed E-state index contributed by atoms with van der Waals surface area (Å²) in [6, 6.07) is 9.49. The van der Waals surface area contributed by atoms with Gasteiger partial charge in [0.1, 0.15) is 5.75 Å². The number of nitrogens with zero attached hydrogens (tertiary/aromatic N) is 2. The highest BCUT2D eigenvalue weighted by molar-refractivity contribution is 5.83. The number of aromatic amines is 1. The van der Waals surface area contributed by atoms with Gasteiger partial charge in [0.25, 0.3) is 0 Å². The lowest BCUT2D eigenvalue weighted by Crippen LogP contribution is -2.45. The van der Waals surface area contributed by atoms with Gasteiger partial charge < -0.3 is 19.7 Å². The minimum Gasteiger partial charge on any atom is -0.497 e. The predicted molar refractivity (Wildman–Crippen MR) is 102 cm³/mol. The number of methoxy groups -OCH3 is 2. The van der Waals surface area contributed by atoms with Crippen LogP contribution in [0.1, 0.15) is 29.8 Å². The second kappa shape index (κ2) is 9.36. The molecule has 1 aliphatic heterocycles. The lowest BCUT2D eigenvalue weighted by molar-refractivity contribution is -0.139. The van der Waals surface area contributed by atoms with Crippen molar-refractivity contribution in [2.75, 3.05) is 20.8 Å². The molecule has 0 saturated carbocycles. The standard InChI is InChI=1S/C20H26N4O4/c1-27-13-17-9-16(22-23-17)10-21-20(26)15-6-7-19(25)24(12-15)11-14-4-3-5-18(8-14)28-2/h3-5,8-9,15H,6-7,10-13H2,1-2H3,(H,21,26)(H,22,23)/t15-/m1/s1. The van der Waals surface area contributed by atoms with Crippen LogP contribution in [0.3, 0.4) is 0 Å². The molecule has 8 heteroatoms. The normalized spacial score (nSPS) is 16.9. The van der Waals surface area contributed by atoms with Crippen LogP contribution in [0.15, 0.2) is 30.3 Å². The van der Waals surface area contributed by atoms with Crippen molar-refractivity contribution in [2.24, 2.45) is 5.92 Å². The largest absolute Gasteiger partial charge is 0.497 e. The van der Waals surface area contributed by atoms with Gasteiger partial charge in [-0.2, -0.15) is 5.10 Å². The zero-order valence-electron chi connectivity index (χ0n) is 16.2. The molecule has 1 fully saturated rings. The molecule has 2 heterocycles. The van der Waals surface area contributed by atoms with Crippen LogP contribution in [0.25, 0.3) is 0 Å². The molecule has 3 rings (SSSR count). The molecule has 2 amide bonds. The van der Waals surface area contributed by atoms with Gasteiger partial charge in [0, 0.05) is 26.6 Å². The Labute approximate surface area is 164 Å². The fourth-order valence-electron chi connectivity index (χ4n) is 3.32. The molecule has 1 aromatic carbocycles. The highest BCUT2D eigenvalue weighted by Crippen LogP contribution is 2.21. The number of nitrogens with one attached hydrogen (secondary N) is 2. The van der Waals surface area contributed by atoms with Crippen LogP contribution in [0, 0.1) is 5.92 Å². The second-order valence-electron chi connectivity index (χ2n) is 6.90. The molecular weight excluding hydrogens is 360 g/mol. The average molecular weight is 386 g/mol. The number of carbonyl (C=O) groups excluding carboxylic acids is 2. The highest BCUT2D eigenvalue weighted by atomic mass is 16.5. The lowest BCUT2D eigenvalue weighted by Gasteiger charge is -2.32. The molecule has 1 atom stereocenters.